The SMILES string of the molecule is N/N=C\N(N)c1ccc2c(c1)CCC2C(=O)O. The lowest BCUT2D eigenvalue weighted by atomic mass is 10.0. The van der Waals surface area contributed by atoms with E-state index < -0.39 is 11.9 Å². The van der Waals surface area contributed by atoms with E-state index in [0.29, 0.717) is 6.42 Å². The van der Waals surface area contributed by atoms with Crippen LogP contribution in [0.25, 0.3) is 0 Å². The number of aliphatic carboxylic acids is 1. The number of hydrogen-bond donors (Lipinski definition) is 3. The summed E-state index contributed by atoms with van der Waals surface area (Å²) in [7, 11) is 0. The first-order valence-corrected chi connectivity index (χ1v) is 5.26. The van der Waals surface area contributed by atoms with E-state index in [1.807, 2.05) is 6.07 Å². The lowest BCUT2D eigenvalue weighted by molar-refractivity contribution is -0.138. The van der Waals surface area contributed by atoms with Crippen molar-refractivity contribution in [1.82, 2.24) is 0 Å². The molecule has 0 aliphatic heterocycles. The minimum atomic E-state index is -0.773. The van der Waals surface area contributed by atoms with Crippen molar-refractivity contribution in [3.63, 3.8) is 0 Å². The second-order valence-electron chi connectivity index (χ2n) is 3.98. The van der Waals surface area contributed by atoms with Gasteiger partial charge < -0.3 is 10.9 Å². The molecule has 1 atom stereocenters. The molecule has 0 radical (unpaired) electrons. The summed E-state index contributed by atoms with van der Waals surface area (Å²) in [5.74, 6) is 9.52. The number of rotatable bonds is 3. The minimum Gasteiger partial charge on any atom is -0.481 e. The molecule has 5 N–H and O–H groups in total. The Balaban J connectivity index is 2.31. The lowest BCUT2D eigenvalue weighted by Gasteiger charge is -2.14. The number of carboxylic acid groups (broad SMARTS) is 1. The average molecular weight is 234 g/mol. The second-order valence-corrected chi connectivity index (χ2v) is 3.98. The van der Waals surface area contributed by atoms with Crippen LogP contribution in [0.1, 0.15) is 23.5 Å². The van der Waals surface area contributed by atoms with E-state index in [-0.39, 0.29) is 0 Å². The molecule has 1 aliphatic rings. The van der Waals surface area contributed by atoms with Gasteiger partial charge in [0.15, 0.2) is 0 Å². The first kappa shape index (κ1) is 11.4. The number of carboxylic acids is 1. The van der Waals surface area contributed by atoms with Crippen LogP contribution in [0.5, 0.6) is 0 Å². The summed E-state index contributed by atoms with van der Waals surface area (Å²) in [6, 6.07) is 5.45. The van der Waals surface area contributed by atoms with Crippen molar-refractivity contribution in [1.29, 1.82) is 0 Å². The molecule has 6 nitrogen and oxygen atoms in total. The quantitative estimate of drug-likeness (QED) is 0.303. The Bertz CT molecular complexity index is 473. The number of nitrogens with zero attached hydrogens (tertiary/aromatic N) is 2. The zero-order valence-corrected chi connectivity index (χ0v) is 9.21. The highest BCUT2D eigenvalue weighted by molar-refractivity contribution is 5.80. The number of anilines is 1. The van der Waals surface area contributed by atoms with Gasteiger partial charge in [0.2, 0.25) is 0 Å². The molecule has 0 heterocycles. The second kappa shape index (κ2) is 4.42. The summed E-state index contributed by atoms with van der Waals surface area (Å²) < 4.78 is 0. The fourth-order valence-electron chi connectivity index (χ4n) is 2.16. The van der Waals surface area contributed by atoms with Crippen LogP contribution in [-0.2, 0) is 11.2 Å². The Kier molecular flexibility index (Phi) is 2.97. The molecule has 0 aromatic heterocycles. The standard InChI is InChI=1S/C11H14N4O2/c12-14-6-15(13)8-2-4-9-7(5-8)1-3-10(9)11(16)17/h2,4-6,10H,1,3,12-13H2,(H,16,17)/b14-6-. The molecule has 6 heteroatoms. The van der Waals surface area contributed by atoms with Crippen LogP contribution in [0.4, 0.5) is 5.69 Å². The molecule has 1 unspecified atom stereocenters. The van der Waals surface area contributed by atoms with Crippen molar-refractivity contribution in [2.75, 3.05) is 5.01 Å². The molecular weight excluding hydrogens is 220 g/mol. The summed E-state index contributed by atoms with van der Waals surface area (Å²) in [6.07, 6.45) is 2.70. The Hall–Kier alpha value is -2.08. The maximum Gasteiger partial charge on any atom is 0.310 e. The van der Waals surface area contributed by atoms with Gasteiger partial charge in [-0.25, -0.2) is 5.84 Å². The van der Waals surface area contributed by atoms with Crippen LogP contribution < -0.4 is 16.7 Å². The van der Waals surface area contributed by atoms with Gasteiger partial charge in [-0.3, -0.25) is 9.80 Å². The van der Waals surface area contributed by atoms with Gasteiger partial charge in [0.05, 0.1) is 11.6 Å². The van der Waals surface area contributed by atoms with Crippen molar-refractivity contribution < 1.29 is 9.90 Å². The van der Waals surface area contributed by atoms with Crippen LogP contribution in [0, 0.1) is 0 Å². The summed E-state index contributed by atoms with van der Waals surface area (Å²) in [5, 5.41) is 13.7. The van der Waals surface area contributed by atoms with E-state index in [9.17, 15) is 4.79 Å². The van der Waals surface area contributed by atoms with Crippen molar-refractivity contribution in [2.45, 2.75) is 18.8 Å². The van der Waals surface area contributed by atoms with Gasteiger partial charge in [0.1, 0.15) is 6.34 Å². The molecule has 0 saturated heterocycles. The van der Waals surface area contributed by atoms with Crippen LogP contribution in [-0.4, -0.2) is 17.4 Å². The number of nitrogens with two attached hydrogens (primary N) is 2. The van der Waals surface area contributed by atoms with E-state index >= 15 is 0 Å². The maximum absolute atomic E-state index is 11.0. The van der Waals surface area contributed by atoms with Gasteiger partial charge in [-0.1, -0.05) is 6.07 Å². The van der Waals surface area contributed by atoms with Crippen molar-refractivity contribution in [3.05, 3.63) is 29.3 Å². The summed E-state index contributed by atoms with van der Waals surface area (Å²) in [5.41, 5.74) is 2.64. The van der Waals surface area contributed by atoms with Gasteiger partial charge >= 0.3 is 5.97 Å². The number of hydrazone groups is 1. The summed E-state index contributed by atoms with van der Waals surface area (Å²) >= 11 is 0. The van der Waals surface area contributed by atoms with Gasteiger partial charge in [-0.15, -0.1) is 0 Å². The fraction of sp³-hybridized carbons (Fsp3) is 0.273. The Labute approximate surface area is 98.5 Å². The molecule has 2 rings (SSSR count). The van der Waals surface area contributed by atoms with Gasteiger partial charge in [0.25, 0.3) is 0 Å². The monoisotopic (exact) mass is 234 g/mol. The maximum atomic E-state index is 11.0. The zero-order chi connectivity index (χ0) is 12.4. The highest BCUT2D eigenvalue weighted by Crippen LogP contribution is 2.35. The average Bonchev–Trinajstić information content (AvgIpc) is 2.71. The third-order valence-electron chi connectivity index (χ3n) is 2.99. The van der Waals surface area contributed by atoms with Gasteiger partial charge in [-0.2, -0.15) is 5.10 Å². The first-order valence-electron chi connectivity index (χ1n) is 5.26. The van der Waals surface area contributed by atoms with E-state index in [1.165, 1.54) is 11.3 Å². The lowest BCUT2D eigenvalue weighted by Crippen LogP contribution is -2.29. The molecule has 0 fully saturated rings. The molecule has 0 spiro atoms. The molecule has 90 valence electrons. The minimum absolute atomic E-state index is 0.395. The van der Waals surface area contributed by atoms with Crippen molar-refractivity contribution >= 4 is 18.0 Å². The number of hydrogen-bond acceptors (Lipinski definition) is 4. The fourth-order valence-corrected chi connectivity index (χ4v) is 2.16. The highest BCUT2D eigenvalue weighted by atomic mass is 16.4. The Morgan fingerprint density at radius 1 is 1.59 bits per heavy atom. The van der Waals surface area contributed by atoms with Crippen LogP contribution in [0.2, 0.25) is 0 Å². The number of carbonyl (C=O) groups is 1. The molecule has 0 bridgehead atoms. The van der Waals surface area contributed by atoms with E-state index in [4.69, 9.17) is 16.8 Å². The largest absolute Gasteiger partial charge is 0.481 e. The van der Waals surface area contributed by atoms with E-state index in [2.05, 4.69) is 5.10 Å². The van der Waals surface area contributed by atoms with E-state index in [1.54, 1.807) is 12.1 Å². The number of aryl methyl sites for hydroxylation is 1. The Morgan fingerprint density at radius 3 is 3.00 bits per heavy atom. The van der Waals surface area contributed by atoms with Crippen molar-refractivity contribution in [2.24, 2.45) is 16.8 Å². The van der Waals surface area contributed by atoms with Gasteiger partial charge in [0, 0.05) is 0 Å². The normalized spacial score (nSPS) is 18.3. The predicted octanol–water partition coefficient (Wildman–Crippen LogP) is 0.383. The van der Waals surface area contributed by atoms with Crippen LogP contribution >= 0.6 is 0 Å². The smallest absolute Gasteiger partial charge is 0.310 e. The van der Waals surface area contributed by atoms with Crippen LogP contribution in [0.15, 0.2) is 23.3 Å². The summed E-state index contributed by atoms with van der Waals surface area (Å²) in [6.45, 7) is 0. The summed E-state index contributed by atoms with van der Waals surface area (Å²) in [4.78, 5) is 11.0. The molecule has 17 heavy (non-hydrogen) atoms. The molecule has 1 aliphatic carbocycles. The molecule has 0 saturated carbocycles. The number of benzene rings is 1. The highest BCUT2D eigenvalue weighted by Gasteiger charge is 2.28. The third-order valence-corrected chi connectivity index (χ3v) is 2.99. The number of hydrazine groups is 1. The first-order chi connectivity index (χ1) is 8.13. The van der Waals surface area contributed by atoms with Crippen molar-refractivity contribution in [3.8, 4) is 0 Å². The predicted molar refractivity (Wildman–Crippen MR) is 64.5 cm³/mol. The Morgan fingerprint density at radius 2 is 2.35 bits per heavy atom. The molecule has 0 amide bonds. The molecule has 1 aromatic carbocycles. The van der Waals surface area contributed by atoms with Crippen LogP contribution in [0.3, 0.4) is 0 Å². The molecule has 1 aromatic rings. The molecular formula is C11H14N4O2. The third kappa shape index (κ3) is 2.07. The van der Waals surface area contributed by atoms with E-state index in [0.717, 1.165) is 23.2 Å². The zero-order valence-electron chi connectivity index (χ0n) is 9.21. The van der Waals surface area contributed by atoms with Gasteiger partial charge in [-0.05, 0) is 36.1 Å². The number of fused-ring (bicyclic) bond motifs is 1. The topological polar surface area (TPSA) is 105 Å².